The highest BCUT2D eigenvalue weighted by atomic mass is 35.5. The number of rotatable bonds is 9. The van der Waals surface area contributed by atoms with Gasteiger partial charge in [-0.1, -0.05) is 23.7 Å². The van der Waals surface area contributed by atoms with Crippen molar-refractivity contribution in [3.8, 4) is 0 Å². The lowest BCUT2D eigenvalue weighted by molar-refractivity contribution is 0.0954. The monoisotopic (exact) mass is 356 g/mol. The zero-order valence-corrected chi connectivity index (χ0v) is 15.3. The molecule has 0 spiro atoms. The summed E-state index contributed by atoms with van der Waals surface area (Å²) >= 11 is 7.85. The van der Waals surface area contributed by atoms with Gasteiger partial charge in [-0.15, -0.1) is 0 Å². The lowest BCUT2D eigenvalue weighted by atomic mass is 10.2. The second kappa shape index (κ2) is 12.1. The Kier molecular flexibility index (Phi) is 10.3. The van der Waals surface area contributed by atoms with E-state index in [2.05, 4.69) is 27.2 Å². The summed E-state index contributed by atoms with van der Waals surface area (Å²) in [6.45, 7) is 1.99. The molecule has 5 nitrogen and oxygen atoms in total. The van der Waals surface area contributed by atoms with Crippen LogP contribution in [0.3, 0.4) is 0 Å². The van der Waals surface area contributed by atoms with Crippen LogP contribution in [0.5, 0.6) is 0 Å². The quantitative estimate of drug-likeness (QED) is 0.361. The molecular weight excluding hydrogens is 332 g/mol. The maximum absolute atomic E-state index is 12.0. The minimum atomic E-state index is -0.169. The van der Waals surface area contributed by atoms with E-state index < -0.39 is 0 Å². The first-order valence-electron chi connectivity index (χ1n) is 7.65. The molecule has 0 aromatic heterocycles. The third kappa shape index (κ3) is 8.13. The highest BCUT2D eigenvalue weighted by Crippen LogP contribution is 2.14. The summed E-state index contributed by atoms with van der Waals surface area (Å²) in [6, 6.07) is 7.01. The van der Waals surface area contributed by atoms with Gasteiger partial charge in [0.15, 0.2) is 5.96 Å². The highest BCUT2D eigenvalue weighted by Gasteiger charge is 2.08. The first-order chi connectivity index (χ1) is 11.2. The largest absolute Gasteiger partial charge is 0.356 e. The first-order valence-corrected chi connectivity index (χ1v) is 9.42. The predicted molar refractivity (Wildman–Crippen MR) is 101 cm³/mol. The molecule has 3 N–H and O–H groups in total. The van der Waals surface area contributed by atoms with E-state index in [9.17, 15) is 4.79 Å². The van der Waals surface area contributed by atoms with Gasteiger partial charge in [-0.05, 0) is 37.0 Å². The van der Waals surface area contributed by atoms with Gasteiger partial charge in [0.1, 0.15) is 0 Å². The van der Waals surface area contributed by atoms with Crippen molar-refractivity contribution in [2.45, 2.75) is 12.8 Å². The Balaban J connectivity index is 2.20. The average Bonchev–Trinajstić information content (AvgIpc) is 2.56. The number of hydrogen-bond donors (Lipinski definition) is 3. The maximum Gasteiger partial charge on any atom is 0.252 e. The fourth-order valence-electron chi connectivity index (χ4n) is 1.90. The van der Waals surface area contributed by atoms with Crippen LogP contribution in [-0.4, -0.2) is 50.6 Å². The van der Waals surface area contributed by atoms with Gasteiger partial charge in [-0.2, -0.15) is 11.8 Å². The fraction of sp³-hybridized carbons (Fsp3) is 0.500. The fourth-order valence-corrected chi connectivity index (χ4v) is 2.61. The van der Waals surface area contributed by atoms with Crippen molar-refractivity contribution in [3.63, 3.8) is 0 Å². The lowest BCUT2D eigenvalue weighted by Gasteiger charge is -2.12. The number of unbranched alkanes of at least 4 members (excludes halogenated alkanes) is 1. The average molecular weight is 357 g/mol. The summed E-state index contributed by atoms with van der Waals surface area (Å²) in [5, 5.41) is 9.71. The summed E-state index contributed by atoms with van der Waals surface area (Å²) < 4.78 is 0. The molecule has 0 unspecified atom stereocenters. The van der Waals surface area contributed by atoms with Gasteiger partial charge in [0, 0.05) is 26.7 Å². The number of nitrogens with one attached hydrogen (secondary N) is 3. The van der Waals surface area contributed by atoms with E-state index in [1.165, 1.54) is 12.2 Å². The Bertz CT molecular complexity index is 511. The van der Waals surface area contributed by atoms with Crippen LogP contribution < -0.4 is 16.0 Å². The van der Waals surface area contributed by atoms with Crippen molar-refractivity contribution >= 4 is 35.2 Å². The lowest BCUT2D eigenvalue weighted by Crippen LogP contribution is -2.41. The smallest absolute Gasteiger partial charge is 0.252 e. The van der Waals surface area contributed by atoms with Gasteiger partial charge >= 0.3 is 0 Å². The molecule has 0 aliphatic carbocycles. The molecule has 0 radical (unpaired) electrons. The molecule has 1 rings (SSSR count). The molecule has 0 bridgehead atoms. The van der Waals surface area contributed by atoms with E-state index in [1.807, 2.05) is 11.8 Å². The number of halogens is 1. The number of carbonyl (C=O) groups excluding carboxylic acids is 1. The zero-order valence-electron chi connectivity index (χ0n) is 13.7. The van der Waals surface area contributed by atoms with Crippen LogP contribution in [0.15, 0.2) is 29.3 Å². The topological polar surface area (TPSA) is 65.5 Å². The summed E-state index contributed by atoms with van der Waals surface area (Å²) in [4.78, 5) is 16.1. The molecule has 0 fully saturated rings. The number of aliphatic imine (C=N–C) groups is 1. The number of hydrogen-bond acceptors (Lipinski definition) is 3. The maximum atomic E-state index is 12.0. The van der Waals surface area contributed by atoms with Crippen molar-refractivity contribution in [2.24, 2.45) is 4.99 Å². The van der Waals surface area contributed by atoms with Crippen LogP contribution in [-0.2, 0) is 0 Å². The van der Waals surface area contributed by atoms with Crippen LogP contribution >= 0.6 is 23.4 Å². The van der Waals surface area contributed by atoms with Gasteiger partial charge in [-0.3, -0.25) is 9.79 Å². The zero-order chi connectivity index (χ0) is 16.9. The molecule has 7 heteroatoms. The number of nitrogens with zero attached hydrogens (tertiary/aromatic N) is 1. The Morgan fingerprint density at radius 2 is 1.83 bits per heavy atom. The Morgan fingerprint density at radius 3 is 2.52 bits per heavy atom. The predicted octanol–water partition coefficient (Wildman–Crippen LogP) is 2.38. The molecule has 1 amide bonds. The van der Waals surface area contributed by atoms with Gasteiger partial charge in [0.2, 0.25) is 0 Å². The highest BCUT2D eigenvalue weighted by molar-refractivity contribution is 7.98. The third-order valence-corrected chi connectivity index (χ3v) is 4.14. The molecule has 0 saturated carbocycles. The van der Waals surface area contributed by atoms with Crippen LogP contribution in [0.25, 0.3) is 0 Å². The van der Waals surface area contributed by atoms with E-state index >= 15 is 0 Å². The molecule has 23 heavy (non-hydrogen) atoms. The Morgan fingerprint density at radius 1 is 1.13 bits per heavy atom. The number of guanidine groups is 1. The second-order valence-electron chi connectivity index (χ2n) is 4.86. The molecule has 0 aliphatic rings. The molecule has 0 aliphatic heterocycles. The molecule has 0 heterocycles. The SMILES string of the molecule is CN=C(NCCCCSC)NCCNC(=O)c1ccccc1Cl. The second-order valence-corrected chi connectivity index (χ2v) is 6.25. The van der Waals surface area contributed by atoms with E-state index in [-0.39, 0.29) is 5.91 Å². The number of thioether (sulfide) groups is 1. The summed E-state index contributed by atoms with van der Waals surface area (Å²) in [6.07, 6.45) is 4.43. The minimum absolute atomic E-state index is 0.169. The van der Waals surface area contributed by atoms with Crippen molar-refractivity contribution in [3.05, 3.63) is 34.9 Å². The molecule has 1 aromatic carbocycles. The van der Waals surface area contributed by atoms with Gasteiger partial charge in [0.05, 0.1) is 10.6 Å². The first kappa shape index (κ1) is 19.6. The van der Waals surface area contributed by atoms with E-state index in [4.69, 9.17) is 11.6 Å². The van der Waals surface area contributed by atoms with Crippen molar-refractivity contribution < 1.29 is 4.79 Å². The Labute approximate surface area is 147 Å². The standard InChI is InChI=1S/C16H25ClN4OS/c1-18-16(20-9-5-6-12-23-2)21-11-10-19-15(22)13-7-3-4-8-14(13)17/h3-4,7-8H,5-6,9-12H2,1-2H3,(H,19,22)(H2,18,20,21). The van der Waals surface area contributed by atoms with Crippen LogP contribution in [0.4, 0.5) is 0 Å². The molecular formula is C16H25ClN4OS. The van der Waals surface area contributed by atoms with Gasteiger partial charge in [-0.25, -0.2) is 0 Å². The van der Waals surface area contributed by atoms with E-state index in [0.717, 1.165) is 18.9 Å². The van der Waals surface area contributed by atoms with Crippen LogP contribution in [0.1, 0.15) is 23.2 Å². The molecule has 0 atom stereocenters. The number of carbonyl (C=O) groups is 1. The van der Waals surface area contributed by atoms with E-state index in [0.29, 0.717) is 23.7 Å². The molecule has 0 saturated heterocycles. The van der Waals surface area contributed by atoms with Gasteiger partial charge in [0.25, 0.3) is 5.91 Å². The third-order valence-electron chi connectivity index (χ3n) is 3.11. The summed E-state index contributed by atoms with van der Waals surface area (Å²) in [7, 11) is 1.74. The van der Waals surface area contributed by atoms with E-state index in [1.54, 1.807) is 31.3 Å². The van der Waals surface area contributed by atoms with Crippen molar-refractivity contribution in [2.75, 3.05) is 38.7 Å². The summed E-state index contributed by atoms with van der Waals surface area (Å²) in [5.74, 6) is 1.76. The minimum Gasteiger partial charge on any atom is -0.356 e. The van der Waals surface area contributed by atoms with Crippen molar-refractivity contribution in [1.82, 2.24) is 16.0 Å². The molecule has 1 aromatic rings. The number of benzene rings is 1. The van der Waals surface area contributed by atoms with Crippen LogP contribution in [0.2, 0.25) is 5.02 Å². The van der Waals surface area contributed by atoms with Crippen molar-refractivity contribution in [1.29, 1.82) is 0 Å². The van der Waals surface area contributed by atoms with Gasteiger partial charge < -0.3 is 16.0 Å². The Hall–Kier alpha value is -1.40. The normalized spacial score (nSPS) is 11.2. The summed E-state index contributed by atoms with van der Waals surface area (Å²) in [5.41, 5.74) is 0.491. The molecule has 128 valence electrons. The van der Waals surface area contributed by atoms with Crippen LogP contribution in [0, 0.1) is 0 Å². The number of amides is 1.